The van der Waals surface area contributed by atoms with Crippen molar-refractivity contribution in [3.8, 4) is 22.3 Å². The van der Waals surface area contributed by atoms with Crippen LogP contribution in [-0.4, -0.2) is 0 Å². The van der Waals surface area contributed by atoms with Gasteiger partial charge in [0.2, 0.25) is 0 Å². The quantitative estimate of drug-likeness (QED) is 0.547. The molecule has 0 saturated heterocycles. The van der Waals surface area contributed by atoms with Crippen LogP contribution in [0.25, 0.3) is 22.3 Å². The van der Waals surface area contributed by atoms with Crippen molar-refractivity contribution in [2.75, 3.05) is 0 Å². The molecule has 1 aromatic carbocycles. The van der Waals surface area contributed by atoms with E-state index in [9.17, 15) is 8.78 Å². The van der Waals surface area contributed by atoms with Crippen molar-refractivity contribution in [2.45, 2.75) is 0 Å². The molecule has 0 atom stereocenters. The van der Waals surface area contributed by atoms with Gasteiger partial charge in [0.15, 0.2) is 0 Å². The Hall–Kier alpha value is -1.70. The number of hydrogen-bond acceptors (Lipinski definition) is 0. The number of halogens is 2. The standard InChI is InChI=1S/C12H6F2/c13-8-3-1-2-7(6-8)11-9-4-5-10(14)12(9)11/h1-6H. The largest absolute Gasteiger partial charge is 0.207 e. The van der Waals surface area contributed by atoms with E-state index in [1.165, 1.54) is 18.2 Å². The van der Waals surface area contributed by atoms with Gasteiger partial charge in [-0.3, -0.25) is 0 Å². The minimum Gasteiger partial charge on any atom is -0.207 e. The molecule has 14 heavy (non-hydrogen) atoms. The van der Waals surface area contributed by atoms with Crippen molar-refractivity contribution < 1.29 is 8.78 Å². The summed E-state index contributed by atoms with van der Waals surface area (Å²) in [6.45, 7) is 0. The first-order valence-corrected chi connectivity index (χ1v) is 4.36. The Bertz CT molecular complexity index is 530. The Balaban J connectivity index is 2.15. The molecule has 0 aliphatic heterocycles. The van der Waals surface area contributed by atoms with E-state index in [0.29, 0.717) is 5.56 Å². The second-order valence-electron chi connectivity index (χ2n) is 3.36. The molecule has 3 rings (SSSR count). The zero-order chi connectivity index (χ0) is 9.71. The lowest BCUT2D eigenvalue weighted by Gasteiger charge is -1.92. The normalized spacial score (nSPS) is 11.6. The number of benzene rings is 2. The van der Waals surface area contributed by atoms with E-state index < -0.39 is 0 Å². The molecule has 0 aromatic heterocycles. The van der Waals surface area contributed by atoms with Crippen LogP contribution >= 0.6 is 0 Å². The molecule has 0 unspecified atom stereocenters. The number of rotatable bonds is 1. The van der Waals surface area contributed by atoms with Gasteiger partial charge in [-0.25, -0.2) is 8.78 Å². The molecule has 0 amide bonds. The van der Waals surface area contributed by atoms with Crippen molar-refractivity contribution in [1.29, 1.82) is 0 Å². The average molecular weight is 188 g/mol. The summed E-state index contributed by atoms with van der Waals surface area (Å²) in [5.74, 6) is -0.496. The van der Waals surface area contributed by atoms with Gasteiger partial charge in [0.25, 0.3) is 0 Å². The van der Waals surface area contributed by atoms with Gasteiger partial charge in [-0.05, 0) is 29.3 Å². The van der Waals surface area contributed by atoms with E-state index in [4.69, 9.17) is 0 Å². The van der Waals surface area contributed by atoms with Crippen LogP contribution in [0.1, 0.15) is 0 Å². The summed E-state index contributed by atoms with van der Waals surface area (Å²) < 4.78 is 25.9. The van der Waals surface area contributed by atoms with E-state index in [-0.39, 0.29) is 11.6 Å². The van der Waals surface area contributed by atoms with Gasteiger partial charge in [-0.1, -0.05) is 18.2 Å². The van der Waals surface area contributed by atoms with Crippen LogP contribution in [0.4, 0.5) is 8.78 Å². The Kier molecular flexibility index (Phi) is 1.32. The Morgan fingerprint density at radius 2 is 1.71 bits per heavy atom. The molecule has 2 aliphatic rings. The molecule has 2 heteroatoms. The van der Waals surface area contributed by atoms with Gasteiger partial charge < -0.3 is 0 Å². The van der Waals surface area contributed by atoms with Gasteiger partial charge in [0.1, 0.15) is 11.6 Å². The summed E-state index contributed by atoms with van der Waals surface area (Å²) in [6.07, 6.45) is 0. The fourth-order valence-corrected chi connectivity index (χ4v) is 1.80. The summed E-state index contributed by atoms with van der Waals surface area (Å²) in [5, 5.41) is 0. The van der Waals surface area contributed by atoms with Crippen LogP contribution in [0.5, 0.6) is 0 Å². The van der Waals surface area contributed by atoms with E-state index in [0.717, 1.165) is 16.7 Å². The van der Waals surface area contributed by atoms with Crippen molar-refractivity contribution in [1.82, 2.24) is 0 Å². The molecule has 0 nitrogen and oxygen atoms in total. The topological polar surface area (TPSA) is 0 Å². The maximum absolute atomic E-state index is 13.1. The Morgan fingerprint density at radius 1 is 0.857 bits per heavy atom. The molecular formula is C12H6F2. The molecule has 68 valence electrons. The van der Waals surface area contributed by atoms with E-state index in [1.807, 2.05) is 0 Å². The van der Waals surface area contributed by atoms with Gasteiger partial charge in [0, 0.05) is 11.1 Å². The fourth-order valence-electron chi connectivity index (χ4n) is 1.80. The molecular weight excluding hydrogens is 182 g/mol. The molecule has 1 aromatic rings. The average Bonchev–Trinajstić information content (AvgIpc) is 2.78. The summed E-state index contributed by atoms with van der Waals surface area (Å²) in [4.78, 5) is 0. The highest BCUT2D eigenvalue weighted by Crippen LogP contribution is 2.52. The first kappa shape index (κ1) is 7.68. The first-order chi connectivity index (χ1) is 6.77. The third-order valence-electron chi connectivity index (χ3n) is 2.47. The second-order valence-corrected chi connectivity index (χ2v) is 3.36. The molecule has 0 radical (unpaired) electrons. The zero-order valence-corrected chi connectivity index (χ0v) is 7.22. The highest BCUT2D eigenvalue weighted by molar-refractivity contribution is 6.08. The monoisotopic (exact) mass is 188 g/mol. The van der Waals surface area contributed by atoms with E-state index >= 15 is 0 Å². The molecule has 0 N–H and O–H groups in total. The van der Waals surface area contributed by atoms with Gasteiger partial charge in [-0.2, -0.15) is 0 Å². The van der Waals surface area contributed by atoms with Crippen LogP contribution in [-0.2, 0) is 0 Å². The lowest BCUT2D eigenvalue weighted by molar-refractivity contribution is 0.628. The third-order valence-corrected chi connectivity index (χ3v) is 2.47. The van der Waals surface area contributed by atoms with Gasteiger partial charge >= 0.3 is 0 Å². The number of hydrogen-bond donors (Lipinski definition) is 0. The smallest absolute Gasteiger partial charge is 0.131 e. The maximum atomic E-state index is 13.1. The van der Waals surface area contributed by atoms with Crippen LogP contribution in [0.3, 0.4) is 0 Å². The summed E-state index contributed by atoms with van der Waals surface area (Å²) in [7, 11) is 0. The highest BCUT2D eigenvalue weighted by Gasteiger charge is 2.29. The van der Waals surface area contributed by atoms with E-state index in [1.54, 1.807) is 18.2 Å². The van der Waals surface area contributed by atoms with Gasteiger partial charge in [0.05, 0.1) is 0 Å². The second kappa shape index (κ2) is 2.41. The molecule has 0 spiro atoms. The fraction of sp³-hybridized carbons (Fsp3) is 0. The van der Waals surface area contributed by atoms with Crippen LogP contribution in [0, 0.1) is 11.6 Å². The minimum atomic E-state index is -0.287. The molecule has 0 heterocycles. The zero-order valence-electron chi connectivity index (χ0n) is 7.22. The van der Waals surface area contributed by atoms with Crippen molar-refractivity contribution in [2.24, 2.45) is 0 Å². The summed E-state index contributed by atoms with van der Waals surface area (Å²) in [6, 6.07) is 9.40. The first-order valence-electron chi connectivity index (χ1n) is 4.36. The van der Waals surface area contributed by atoms with Gasteiger partial charge in [-0.15, -0.1) is 0 Å². The predicted molar refractivity (Wildman–Crippen MR) is 50.8 cm³/mol. The van der Waals surface area contributed by atoms with Crippen LogP contribution < -0.4 is 0 Å². The number of fused-ring (bicyclic) bond motifs is 1. The van der Waals surface area contributed by atoms with Crippen LogP contribution in [0.15, 0.2) is 36.4 Å². The molecule has 0 fully saturated rings. The summed E-state index contributed by atoms with van der Waals surface area (Å²) in [5.41, 5.74) is 3.17. The predicted octanol–water partition coefficient (Wildman–Crippen LogP) is 3.61. The van der Waals surface area contributed by atoms with Crippen molar-refractivity contribution in [3.63, 3.8) is 0 Å². The maximum Gasteiger partial charge on any atom is 0.131 e. The Labute approximate surface area is 79.8 Å². The lowest BCUT2D eigenvalue weighted by atomic mass is 10.2. The van der Waals surface area contributed by atoms with Crippen molar-refractivity contribution in [3.05, 3.63) is 48.0 Å². The van der Waals surface area contributed by atoms with Crippen molar-refractivity contribution >= 4 is 0 Å². The Morgan fingerprint density at radius 3 is 2.36 bits per heavy atom. The SMILES string of the molecule is Fc1cccc(-c2c3ccc(F)c2-3)c1. The molecule has 2 aliphatic carbocycles. The summed E-state index contributed by atoms with van der Waals surface area (Å²) >= 11 is 0. The molecule has 0 bridgehead atoms. The van der Waals surface area contributed by atoms with E-state index in [2.05, 4.69) is 0 Å². The van der Waals surface area contributed by atoms with Crippen LogP contribution in [0.2, 0.25) is 0 Å². The highest BCUT2D eigenvalue weighted by atomic mass is 19.1. The molecule has 0 saturated carbocycles. The lowest BCUT2D eigenvalue weighted by Crippen LogP contribution is -1.73. The third kappa shape index (κ3) is 0.909. The minimum absolute atomic E-state index is 0.209.